The maximum atomic E-state index is 1.50. The summed E-state index contributed by atoms with van der Waals surface area (Å²) >= 11 is 0. The summed E-state index contributed by atoms with van der Waals surface area (Å²) < 4.78 is 0. The standard InChI is InChI=1S/C11H22.C10H20.C9H18.C8H16.C7H14.C6H12.C5H10.C4H8.C3H6/c1-2-4-6-8-10-11-9-7-5-3-1;1-2-4-6-8-10-9-7-5-3-1;1-2-4-6-8-9-7-5-3-1;1-2-4-6-8-7-5-3-1;1-2-4-6-7-5-3-1;1-2-4-6-5-3-1;1-2-4-5-3-1;1-2-4-3-1;1-2-3-1/h1-11H2;1-10H2;1-9H2;1-8H2;1-7H2;1-6H2;1-5H2;1-4H2;1-3H2. The summed E-state index contributed by atoms with van der Waals surface area (Å²) in [5, 5.41) is 0. The van der Waals surface area contributed by atoms with Crippen molar-refractivity contribution in [3.8, 4) is 0 Å². The van der Waals surface area contributed by atoms with Crippen LogP contribution in [0, 0.1) is 0 Å². The van der Waals surface area contributed by atoms with Crippen LogP contribution in [0.4, 0.5) is 0 Å². The molecule has 0 heterocycles. The lowest BCUT2D eigenvalue weighted by Gasteiger charge is -2.05. The number of rotatable bonds is 0. The zero-order valence-electron chi connectivity index (χ0n) is 44.5. The molecule has 0 saturated heterocycles. The van der Waals surface area contributed by atoms with Crippen LogP contribution in [0.5, 0.6) is 0 Å². The van der Waals surface area contributed by atoms with Gasteiger partial charge >= 0.3 is 0 Å². The first-order valence-corrected chi connectivity index (χ1v) is 31.5. The van der Waals surface area contributed by atoms with Crippen LogP contribution in [0.15, 0.2) is 0 Å². The van der Waals surface area contributed by atoms with Gasteiger partial charge in [0, 0.05) is 0 Å². The summed E-state index contributed by atoms with van der Waals surface area (Å²) in [6.07, 6.45) is 94.5. The molecular weight excluding hydrogens is 757 g/mol. The van der Waals surface area contributed by atoms with E-state index in [4.69, 9.17) is 0 Å². The lowest BCUT2D eigenvalue weighted by molar-refractivity contribution is 0.504. The quantitative estimate of drug-likeness (QED) is 0.213. The van der Waals surface area contributed by atoms with Gasteiger partial charge < -0.3 is 0 Å². The molecule has 0 radical (unpaired) electrons. The summed E-state index contributed by atoms with van der Waals surface area (Å²) in [5.74, 6) is 0. The van der Waals surface area contributed by atoms with Crippen LogP contribution in [0.1, 0.15) is 405 Å². The van der Waals surface area contributed by atoms with Gasteiger partial charge in [-0.25, -0.2) is 0 Å². The highest BCUT2D eigenvalue weighted by molar-refractivity contribution is 4.56. The van der Waals surface area contributed by atoms with Crippen molar-refractivity contribution in [2.75, 3.05) is 0 Å². The number of hydrogen-bond acceptors (Lipinski definition) is 0. The Bertz CT molecular complexity index is 570. The zero-order chi connectivity index (χ0) is 44.5. The fourth-order valence-electron chi connectivity index (χ4n) is 10.1. The van der Waals surface area contributed by atoms with Gasteiger partial charge in [0.05, 0.1) is 0 Å². The molecule has 0 nitrogen and oxygen atoms in total. The monoisotopic (exact) mass is 883 g/mol. The number of hydrogen-bond donors (Lipinski definition) is 0. The van der Waals surface area contributed by atoms with Crippen molar-refractivity contribution in [1.82, 2.24) is 0 Å². The molecule has 378 valence electrons. The summed E-state index contributed by atoms with van der Waals surface area (Å²) in [6, 6.07) is 0. The Balaban J connectivity index is 0.000000361. The van der Waals surface area contributed by atoms with Gasteiger partial charge in [-0.3, -0.25) is 0 Å². The molecule has 0 aromatic rings. The molecule has 0 heteroatoms. The van der Waals surface area contributed by atoms with E-state index < -0.39 is 0 Å². The third-order valence-electron chi connectivity index (χ3n) is 15.4. The second-order valence-corrected chi connectivity index (χ2v) is 22.3. The second-order valence-electron chi connectivity index (χ2n) is 22.3. The van der Waals surface area contributed by atoms with Gasteiger partial charge in [0.2, 0.25) is 0 Å². The Morgan fingerprint density at radius 1 is 0.0317 bits per heavy atom. The Morgan fingerprint density at radius 3 is 0.0635 bits per heavy atom. The van der Waals surface area contributed by atoms with Crippen molar-refractivity contribution in [1.29, 1.82) is 0 Å². The minimum atomic E-state index is 1.50. The first-order chi connectivity index (χ1) is 31.5. The first-order valence-electron chi connectivity index (χ1n) is 31.5. The van der Waals surface area contributed by atoms with Gasteiger partial charge in [0.25, 0.3) is 0 Å². The summed E-state index contributed by atoms with van der Waals surface area (Å²) in [5.41, 5.74) is 0. The van der Waals surface area contributed by atoms with Crippen molar-refractivity contribution in [3.63, 3.8) is 0 Å². The van der Waals surface area contributed by atoms with Crippen molar-refractivity contribution < 1.29 is 0 Å². The molecular formula is C63H126. The minimum absolute atomic E-state index is 1.50. The van der Waals surface area contributed by atoms with Gasteiger partial charge in [0.1, 0.15) is 0 Å². The lowest BCUT2D eigenvalue weighted by atomic mass is 10.0. The molecule has 9 rings (SSSR count). The SMILES string of the molecule is C1CC1.C1CCC1.C1CCCC1.C1CCCCC1.C1CCCCCC1.C1CCCCCCC1.C1CCCCCCCC1.C1CCCCCCCCC1.C1CCCCCCCCCC1. The molecule has 0 aliphatic heterocycles. The van der Waals surface area contributed by atoms with Crippen LogP contribution < -0.4 is 0 Å². The molecule has 63 heavy (non-hydrogen) atoms. The molecule has 9 aliphatic carbocycles. The van der Waals surface area contributed by atoms with Crippen LogP contribution >= 0.6 is 0 Å². The molecule has 0 bridgehead atoms. The molecule has 0 N–H and O–H groups in total. The molecule has 0 aromatic heterocycles. The Kier molecular flexibility index (Phi) is 56.3. The molecule has 0 aromatic carbocycles. The van der Waals surface area contributed by atoms with E-state index in [0.717, 1.165) is 0 Å². The van der Waals surface area contributed by atoms with Gasteiger partial charge in [-0.2, -0.15) is 0 Å². The highest BCUT2D eigenvalue weighted by Crippen LogP contribution is 2.20. The Hall–Kier alpha value is 0. The molecule has 0 spiro atoms. The van der Waals surface area contributed by atoms with E-state index in [-0.39, 0.29) is 0 Å². The molecule has 0 unspecified atom stereocenters. The zero-order valence-corrected chi connectivity index (χ0v) is 44.5. The molecule has 9 aliphatic rings. The largest absolute Gasteiger partial charge is 0.0533 e. The fraction of sp³-hybridized carbons (Fsp3) is 1.00. The molecule has 0 amide bonds. The third-order valence-corrected chi connectivity index (χ3v) is 15.4. The van der Waals surface area contributed by atoms with Crippen LogP contribution in [-0.4, -0.2) is 0 Å². The predicted octanol–water partition coefficient (Wildman–Crippen LogP) is 24.6. The minimum Gasteiger partial charge on any atom is -0.0533 e. The summed E-state index contributed by atoms with van der Waals surface area (Å²) in [6.45, 7) is 0. The summed E-state index contributed by atoms with van der Waals surface area (Å²) in [4.78, 5) is 0. The van der Waals surface area contributed by atoms with E-state index >= 15 is 0 Å². The van der Waals surface area contributed by atoms with Crippen molar-refractivity contribution in [3.05, 3.63) is 0 Å². The Morgan fingerprint density at radius 2 is 0.0476 bits per heavy atom. The third kappa shape index (κ3) is 60.0. The molecule has 9 fully saturated rings. The van der Waals surface area contributed by atoms with Crippen molar-refractivity contribution >= 4 is 0 Å². The topological polar surface area (TPSA) is 0 Å². The van der Waals surface area contributed by atoms with Gasteiger partial charge in [-0.1, -0.05) is 405 Å². The van der Waals surface area contributed by atoms with E-state index in [1.54, 1.807) is 0 Å². The average Bonchev–Trinajstić information content (AvgIpc) is 4.10. The van der Waals surface area contributed by atoms with Gasteiger partial charge in [-0.15, -0.1) is 0 Å². The average molecular weight is 884 g/mol. The smallest absolute Gasteiger partial charge is 0.0533 e. The van der Waals surface area contributed by atoms with Crippen LogP contribution in [0.25, 0.3) is 0 Å². The van der Waals surface area contributed by atoms with Crippen molar-refractivity contribution in [2.24, 2.45) is 0 Å². The van der Waals surface area contributed by atoms with Crippen LogP contribution in [0.3, 0.4) is 0 Å². The maximum Gasteiger partial charge on any atom is -0.0533 e. The highest BCUT2D eigenvalue weighted by atomic mass is 14.1. The first kappa shape index (κ1) is 61.0. The van der Waals surface area contributed by atoms with E-state index in [2.05, 4.69) is 0 Å². The van der Waals surface area contributed by atoms with E-state index in [1.807, 2.05) is 0 Å². The maximum absolute atomic E-state index is 1.50. The highest BCUT2D eigenvalue weighted by Gasteiger charge is 2.01. The molecule has 0 atom stereocenters. The van der Waals surface area contributed by atoms with Gasteiger partial charge in [0.15, 0.2) is 0 Å². The van der Waals surface area contributed by atoms with Crippen LogP contribution in [-0.2, 0) is 0 Å². The van der Waals surface area contributed by atoms with E-state index in [9.17, 15) is 0 Å². The molecule has 9 saturated carbocycles. The van der Waals surface area contributed by atoms with E-state index in [1.165, 1.54) is 405 Å². The van der Waals surface area contributed by atoms with Gasteiger partial charge in [-0.05, 0) is 0 Å². The normalized spacial score (nSPS) is 24.0. The Labute approximate surface area is 402 Å². The lowest BCUT2D eigenvalue weighted by Crippen LogP contribution is -1.85. The predicted molar refractivity (Wildman–Crippen MR) is 291 cm³/mol. The van der Waals surface area contributed by atoms with Crippen LogP contribution in [0.2, 0.25) is 0 Å². The van der Waals surface area contributed by atoms with E-state index in [0.29, 0.717) is 0 Å². The summed E-state index contributed by atoms with van der Waals surface area (Å²) in [7, 11) is 0. The second kappa shape index (κ2) is 58.1. The fourth-order valence-corrected chi connectivity index (χ4v) is 10.1. The van der Waals surface area contributed by atoms with Crippen molar-refractivity contribution in [2.45, 2.75) is 405 Å².